The van der Waals surface area contributed by atoms with Crippen molar-refractivity contribution in [2.45, 2.75) is 26.9 Å². The molecule has 0 fully saturated rings. The molecule has 0 heterocycles. The predicted octanol–water partition coefficient (Wildman–Crippen LogP) is 0.882. The molecule has 0 spiro atoms. The highest BCUT2D eigenvalue weighted by Gasteiger charge is 2.32. The van der Waals surface area contributed by atoms with E-state index in [-0.39, 0.29) is 17.6 Å². The van der Waals surface area contributed by atoms with Crippen LogP contribution in [0, 0.1) is 11.8 Å². The van der Waals surface area contributed by atoms with Crippen molar-refractivity contribution in [2.75, 3.05) is 21.3 Å². The number of carbonyl (C=O) groups is 2. The van der Waals surface area contributed by atoms with Crippen LogP contribution in [-0.2, 0) is 19.2 Å². The molecule has 0 aliphatic rings. The molecule has 0 bridgehead atoms. The molecule has 5 heteroatoms. The fraction of sp³-hybridized carbons (Fsp3) is 0.818. The number of rotatable bonds is 6. The lowest BCUT2D eigenvalue weighted by molar-refractivity contribution is -0.178. The van der Waals surface area contributed by atoms with E-state index in [0.29, 0.717) is 0 Å². The summed E-state index contributed by atoms with van der Waals surface area (Å²) in [6.45, 7) is 4.98. The van der Waals surface area contributed by atoms with Crippen molar-refractivity contribution in [1.29, 1.82) is 0 Å². The summed E-state index contributed by atoms with van der Waals surface area (Å²) in [6, 6.07) is 0. The van der Waals surface area contributed by atoms with E-state index in [1.165, 1.54) is 28.2 Å². The quantitative estimate of drug-likeness (QED) is 0.637. The molecular formula is C11H21NO4. The number of amides is 1. The van der Waals surface area contributed by atoms with Gasteiger partial charge in [-0.2, -0.15) is 0 Å². The summed E-state index contributed by atoms with van der Waals surface area (Å²) in [5.74, 6) is -0.933. The Hall–Kier alpha value is -0.940. The average Bonchev–Trinajstić information content (AvgIpc) is 2.27. The van der Waals surface area contributed by atoms with Crippen LogP contribution in [0.3, 0.4) is 0 Å². The van der Waals surface area contributed by atoms with Gasteiger partial charge in [0.2, 0.25) is 0 Å². The van der Waals surface area contributed by atoms with Crippen LogP contribution in [0.1, 0.15) is 20.8 Å². The minimum atomic E-state index is -0.428. The molecule has 0 rings (SSSR count). The minimum Gasteiger partial charge on any atom is -0.380 e. The van der Waals surface area contributed by atoms with Crippen LogP contribution in [0.5, 0.6) is 0 Å². The highest BCUT2D eigenvalue weighted by Crippen LogP contribution is 2.19. The SMILES string of the molecule is CO[C@@H]([C@@H](C)C(C)=O)[C@@H](C)C(=O)N(C)OC. The summed E-state index contributed by atoms with van der Waals surface area (Å²) in [5.41, 5.74) is 0. The van der Waals surface area contributed by atoms with Crippen molar-refractivity contribution in [3.05, 3.63) is 0 Å². The molecule has 0 aliphatic carbocycles. The lowest BCUT2D eigenvalue weighted by Gasteiger charge is -2.28. The molecule has 0 aromatic heterocycles. The van der Waals surface area contributed by atoms with Gasteiger partial charge < -0.3 is 4.74 Å². The molecule has 94 valence electrons. The van der Waals surface area contributed by atoms with E-state index in [9.17, 15) is 9.59 Å². The summed E-state index contributed by atoms with van der Waals surface area (Å²) in [4.78, 5) is 27.9. The summed E-state index contributed by atoms with van der Waals surface area (Å²) in [5, 5.41) is 1.14. The van der Waals surface area contributed by atoms with Gasteiger partial charge in [-0.3, -0.25) is 14.4 Å². The van der Waals surface area contributed by atoms with E-state index in [1.807, 2.05) is 0 Å². The second kappa shape index (κ2) is 6.60. The minimum absolute atomic E-state index is 0.00608. The van der Waals surface area contributed by atoms with Gasteiger partial charge in [-0.25, -0.2) is 5.06 Å². The number of nitrogens with zero attached hydrogens (tertiary/aromatic N) is 1. The van der Waals surface area contributed by atoms with E-state index in [0.717, 1.165) is 5.06 Å². The van der Waals surface area contributed by atoms with Gasteiger partial charge in [0.25, 0.3) is 5.91 Å². The van der Waals surface area contributed by atoms with Gasteiger partial charge in [-0.05, 0) is 6.92 Å². The van der Waals surface area contributed by atoms with Crippen molar-refractivity contribution < 1.29 is 19.2 Å². The molecule has 0 radical (unpaired) electrons. The van der Waals surface area contributed by atoms with Crippen LogP contribution in [-0.4, -0.2) is 44.1 Å². The van der Waals surface area contributed by atoms with Crippen molar-refractivity contribution in [2.24, 2.45) is 11.8 Å². The number of ketones is 1. The maximum absolute atomic E-state index is 11.8. The molecule has 16 heavy (non-hydrogen) atoms. The Morgan fingerprint density at radius 2 is 1.62 bits per heavy atom. The van der Waals surface area contributed by atoms with Crippen LogP contribution in [0.4, 0.5) is 0 Å². The molecule has 0 saturated heterocycles. The molecule has 0 aromatic carbocycles. The van der Waals surface area contributed by atoms with Gasteiger partial charge >= 0.3 is 0 Å². The first-order chi connectivity index (χ1) is 7.36. The normalized spacial score (nSPS) is 16.4. The summed E-state index contributed by atoms with van der Waals surface area (Å²) in [6.07, 6.45) is -0.428. The second-order valence-corrected chi connectivity index (χ2v) is 3.91. The van der Waals surface area contributed by atoms with Crippen LogP contribution in [0.25, 0.3) is 0 Å². The number of Topliss-reactive ketones (excluding diaryl/α,β-unsaturated/α-hetero) is 1. The molecule has 0 aliphatic heterocycles. The largest absolute Gasteiger partial charge is 0.380 e. The Kier molecular flexibility index (Phi) is 6.21. The van der Waals surface area contributed by atoms with Crippen LogP contribution in [0.15, 0.2) is 0 Å². The van der Waals surface area contributed by atoms with Crippen molar-refractivity contribution in [3.63, 3.8) is 0 Å². The molecule has 0 unspecified atom stereocenters. The zero-order valence-electron chi connectivity index (χ0n) is 10.8. The maximum atomic E-state index is 11.8. The van der Waals surface area contributed by atoms with Gasteiger partial charge in [0, 0.05) is 20.1 Å². The second-order valence-electron chi connectivity index (χ2n) is 3.91. The number of ether oxygens (including phenoxy) is 1. The van der Waals surface area contributed by atoms with Crippen molar-refractivity contribution in [3.8, 4) is 0 Å². The van der Waals surface area contributed by atoms with E-state index >= 15 is 0 Å². The Balaban J connectivity index is 4.71. The fourth-order valence-electron chi connectivity index (χ4n) is 1.59. The van der Waals surface area contributed by atoms with E-state index in [2.05, 4.69) is 0 Å². The standard InChI is InChI=1S/C11H21NO4/c1-7(9(3)13)10(15-5)8(2)11(14)12(4)16-6/h7-8,10H,1-6H3/t7-,8+,10-/m0/s1. The first kappa shape index (κ1) is 15.1. The van der Waals surface area contributed by atoms with E-state index in [4.69, 9.17) is 9.57 Å². The zero-order valence-corrected chi connectivity index (χ0v) is 10.8. The van der Waals surface area contributed by atoms with Gasteiger partial charge in [0.15, 0.2) is 0 Å². The Bertz CT molecular complexity index is 254. The zero-order chi connectivity index (χ0) is 12.9. The Morgan fingerprint density at radius 3 is 1.94 bits per heavy atom. The van der Waals surface area contributed by atoms with Crippen molar-refractivity contribution in [1.82, 2.24) is 5.06 Å². The van der Waals surface area contributed by atoms with Crippen LogP contribution in [0.2, 0.25) is 0 Å². The first-order valence-electron chi connectivity index (χ1n) is 5.21. The number of hydrogen-bond donors (Lipinski definition) is 0. The highest BCUT2D eigenvalue weighted by molar-refractivity contribution is 5.82. The first-order valence-corrected chi connectivity index (χ1v) is 5.21. The molecule has 5 nitrogen and oxygen atoms in total. The smallest absolute Gasteiger partial charge is 0.251 e. The van der Waals surface area contributed by atoms with Crippen LogP contribution < -0.4 is 0 Å². The lowest BCUT2D eigenvalue weighted by atomic mass is 9.90. The fourth-order valence-corrected chi connectivity index (χ4v) is 1.59. The number of carbonyl (C=O) groups excluding carboxylic acids is 2. The summed E-state index contributed by atoms with van der Waals surface area (Å²) in [7, 11) is 4.45. The molecular weight excluding hydrogens is 210 g/mol. The summed E-state index contributed by atoms with van der Waals surface area (Å²) >= 11 is 0. The maximum Gasteiger partial charge on any atom is 0.251 e. The molecule has 0 saturated carbocycles. The van der Waals surface area contributed by atoms with E-state index in [1.54, 1.807) is 13.8 Å². The third-order valence-corrected chi connectivity index (χ3v) is 2.87. The molecule has 3 atom stereocenters. The Morgan fingerprint density at radius 1 is 1.12 bits per heavy atom. The summed E-state index contributed by atoms with van der Waals surface area (Å²) < 4.78 is 5.23. The van der Waals surface area contributed by atoms with Gasteiger partial charge in [-0.15, -0.1) is 0 Å². The number of hydrogen-bond acceptors (Lipinski definition) is 4. The topological polar surface area (TPSA) is 55.8 Å². The Labute approximate surface area is 96.7 Å². The molecule has 0 aromatic rings. The van der Waals surface area contributed by atoms with Crippen molar-refractivity contribution >= 4 is 11.7 Å². The van der Waals surface area contributed by atoms with Crippen LogP contribution >= 0.6 is 0 Å². The third-order valence-electron chi connectivity index (χ3n) is 2.87. The molecule has 1 amide bonds. The molecule has 0 N–H and O–H groups in total. The number of hydroxylamine groups is 2. The van der Waals surface area contributed by atoms with Gasteiger partial charge in [0.1, 0.15) is 5.78 Å². The van der Waals surface area contributed by atoms with E-state index < -0.39 is 12.0 Å². The van der Waals surface area contributed by atoms with Gasteiger partial charge in [0.05, 0.1) is 19.1 Å². The number of methoxy groups -OCH3 is 1. The third kappa shape index (κ3) is 3.57. The lowest BCUT2D eigenvalue weighted by Crippen LogP contribution is -2.41. The van der Waals surface area contributed by atoms with Gasteiger partial charge in [-0.1, -0.05) is 13.8 Å². The average molecular weight is 231 g/mol. The monoisotopic (exact) mass is 231 g/mol. The highest BCUT2D eigenvalue weighted by atomic mass is 16.7. The predicted molar refractivity (Wildman–Crippen MR) is 59.6 cm³/mol.